The largest absolute Gasteiger partial charge is 0.416 e. The van der Waals surface area contributed by atoms with Crippen LogP contribution in [0.25, 0.3) is 0 Å². The molecule has 1 heterocycles. The van der Waals surface area contributed by atoms with Gasteiger partial charge < -0.3 is 17.2 Å². The SMILES string of the molecule is Nc1ccc(CSc2nc(N)cc(N)n2)c(C(F)(F)F)c1. The van der Waals surface area contributed by atoms with Gasteiger partial charge in [-0.3, -0.25) is 0 Å². The van der Waals surface area contributed by atoms with Crippen molar-refractivity contribution in [2.24, 2.45) is 0 Å². The Morgan fingerprint density at radius 1 is 1.00 bits per heavy atom. The van der Waals surface area contributed by atoms with E-state index in [0.29, 0.717) is 0 Å². The van der Waals surface area contributed by atoms with Gasteiger partial charge in [0.1, 0.15) is 11.6 Å². The second-order valence-corrected chi connectivity index (χ2v) is 5.15. The van der Waals surface area contributed by atoms with Crippen LogP contribution >= 0.6 is 11.8 Å². The summed E-state index contributed by atoms with van der Waals surface area (Å²) in [5, 5.41) is 0.220. The van der Waals surface area contributed by atoms with Crippen LogP contribution in [0, 0.1) is 0 Å². The van der Waals surface area contributed by atoms with Gasteiger partial charge in [-0.15, -0.1) is 0 Å². The summed E-state index contributed by atoms with van der Waals surface area (Å²) in [6.45, 7) is 0. The van der Waals surface area contributed by atoms with Crippen molar-refractivity contribution >= 4 is 29.1 Å². The molecule has 5 nitrogen and oxygen atoms in total. The second kappa shape index (κ2) is 5.68. The number of benzene rings is 1. The van der Waals surface area contributed by atoms with Crippen molar-refractivity contribution in [2.75, 3.05) is 17.2 Å². The Balaban J connectivity index is 2.24. The van der Waals surface area contributed by atoms with Crippen molar-refractivity contribution in [2.45, 2.75) is 17.1 Å². The Bertz CT molecular complexity index is 640. The van der Waals surface area contributed by atoms with Crippen LogP contribution in [-0.2, 0) is 11.9 Å². The fourth-order valence-corrected chi connectivity index (χ4v) is 2.53. The highest BCUT2D eigenvalue weighted by Crippen LogP contribution is 2.35. The average Bonchev–Trinajstić information content (AvgIpc) is 2.35. The summed E-state index contributed by atoms with van der Waals surface area (Å²) in [6, 6.07) is 5.03. The summed E-state index contributed by atoms with van der Waals surface area (Å²) in [6.07, 6.45) is -4.47. The lowest BCUT2D eigenvalue weighted by Gasteiger charge is -2.13. The van der Waals surface area contributed by atoms with Gasteiger partial charge in [-0.1, -0.05) is 17.8 Å². The molecule has 1 aromatic carbocycles. The van der Waals surface area contributed by atoms with Crippen molar-refractivity contribution in [3.05, 3.63) is 35.4 Å². The molecule has 0 aliphatic rings. The van der Waals surface area contributed by atoms with E-state index in [1.165, 1.54) is 18.2 Å². The van der Waals surface area contributed by atoms with Gasteiger partial charge in [-0.2, -0.15) is 13.2 Å². The normalized spacial score (nSPS) is 11.6. The highest BCUT2D eigenvalue weighted by Gasteiger charge is 2.33. The Labute approximate surface area is 122 Å². The predicted octanol–water partition coefficient (Wildman–Crippen LogP) is 2.53. The van der Waals surface area contributed by atoms with Crippen LogP contribution in [0.3, 0.4) is 0 Å². The predicted molar refractivity (Wildman–Crippen MR) is 76.3 cm³/mol. The minimum Gasteiger partial charge on any atom is -0.399 e. The first-order valence-corrected chi connectivity index (χ1v) is 6.72. The molecule has 21 heavy (non-hydrogen) atoms. The van der Waals surface area contributed by atoms with Crippen LogP contribution in [0.1, 0.15) is 11.1 Å². The van der Waals surface area contributed by atoms with Crippen LogP contribution in [0.5, 0.6) is 0 Å². The molecule has 6 N–H and O–H groups in total. The maximum Gasteiger partial charge on any atom is 0.416 e. The van der Waals surface area contributed by atoms with E-state index in [-0.39, 0.29) is 33.8 Å². The van der Waals surface area contributed by atoms with E-state index >= 15 is 0 Å². The van der Waals surface area contributed by atoms with Crippen LogP contribution in [0.4, 0.5) is 30.5 Å². The molecule has 2 rings (SSSR count). The summed E-state index contributed by atoms with van der Waals surface area (Å²) < 4.78 is 38.8. The van der Waals surface area contributed by atoms with Gasteiger partial charge >= 0.3 is 6.18 Å². The van der Waals surface area contributed by atoms with Crippen LogP contribution in [-0.4, -0.2) is 9.97 Å². The molecule has 0 spiro atoms. The lowest BCUT2D eigenvalue weighted by atomic mass is 10.1. The number of halogens is 3. The summed E-state index contributed by atoms with van der Waals surface area (Å²) in [7, 11) is 0. The molecule has 0 radical (unpaired) electrons. The third kappa shape index (κ3) is 3.91. The molecule has 1 aromatic heterocycles. The number of rotatable bonds is 3. The van der Waals surface area contributed by atoms with E-state index in [0.717, 1.165) is 17.8 Å². The van der Waals surface area contributed by atoms with E-state index < -0.39 is 11.7 Å². The minimum absolute atomic E-state index is 0.0258. The molecule has 0 atom stereocenters. The van der Waals surface area contributed by atoms with Crippen LogP contribution in [0.2, 0.25) is 0 Å². The zero-order chi connectivity index (χ0) is 15.6. The number of nitrogen functional groups attached to an aromatic ring is 3. The molecule has 112 valence electrons. The number of aromatic nitrogens is 2. The molecule has 0 fully saturated rings. The summed E-state index contributed by atoms with van der Waals surface area (Å²) >= 11 is 1.01. The van der Waals surface area contributed by atoms with Crippen molar-refractivity contribution < 1.29 is 13.2 Å². The van der Waals surface area contributed by atoms with Gasteiger partial charge in [0.05, 0.1) is 5.56 Å². The molecule has 2 aromatic rings. The minimum atomic E-state index is -4.47. The molecule has 0 unspecified atom stereocenters. The first-order valence-electron chi connectivity index (χ1n) is 5.74. The second-order valence-electron chi connectivity index (χ2n) is 4.20. The smallest absolute Gasteiger partial charge is 0.399 e. The van der Waals surface area contributed by atoms with E-state index in [1.807, 2.05) is 0 Å². The summed E-state index contributed by atoms with van der Waals surface area (Å²) in [5.41, 5.74) is 15.8. The lowest BCUT2D eigenvalue weighted by molar-refractivity contribution is -0.138. The van der Waals surface area contributed by atoms with Gasteiger partial charge in [0.15, 0.2) is 5.16 Å². The highest BCUT2D eigenvalue weighted by molar-refractivity contribution is 7.98. The number of nitrogens with two attached hydrogens (primary N) is 3. The molecule has 0 aliphatic carbocycles. The third-order valence-corrected chi connectivity index (χ3v) is 3.44. The third-order valence-electron chi connectivity index (χ3n) is 2.54. The molecule has 0 saturated carbocycles. The molecule has 0 saturated heterocycles. The Hall–Kier alpha value is -2.16. The molecule has 9 heteroatoms. The molecular formula is C12H12F3N5S. The van der Waals surface area contributed by atoms with E-state index in [1.54, 1.807) is 0 Å². The van der Waals surface area contributed by atoms with Gasteiger partial charge in [0.2, 0.25) is 0 Å². The summed E-state index contributed by atoms with van der Waals surface area (Å²) in [5.74, 6) is 0.356. The van der Waals surface area contributed by atoms with Crippen LogP contribution < -0.4 is 17.2 Å². The van der Waals surface area contributed by atoms with E-state index in [4.69, 9.17) is 17.2 Å². The Kier molecular flexibility index (Phi) is 4.12. The Morgan fingerprint density at radius 3 is 2.19 bits per heavy atom. The number of hydrogen-bond donors (Lipinski definition) is 3. The number of anilines is 3. The van der Waals surface area contributed by atoms with Crippen molar-refractivity contribution in [3.8, 4) is 0 Å². The quantitative estimate of drug-likeness (QED) is 0.457. The molecule has 0 bridgehead atoms. The first-order chi connectivity index (χ1) is 9.75. The summed E-state index contributed by atoms with van der Waals surface area (Å²) in [4.78, 5) is 7.80. The number of thioether (sulfide) groups is 1. The fourth-order valence-electron chi connectivity index (χ4n) is 1.65. The number of nitrogens with zero attached hydrogens (tertiary/aromatic N) is 2. The lowest BCUT2D eigenvalue weighted by Crippen LogP contribution is -2.09. The fraction of sp³-hybridized carbons (Fsp3) is 0.167. The highest BCUT2D eigenvalue weighted by atomic mass is 32.2. The topological polar surface area (TPSA) is 104 Å². The van der Waals surface area contributed by atoms with Crippen molar-refractivity contribution in [1.29, 1.82) is 0 Å². The standard InChI is InChI=1S/C12H12F3N5S/c13-12(14,15)8-3-7(16)2-1-6(8)5-21-11-19-9(17)4-10(18)20-11/h1-4H,5,16H2,(H4,17,18,19,20). The van der Waals surface area contributed by atoms with Gasteiger partial charge in [0, 0.05) is 17.5 Å². The van der Waals surface area contributed by atoms with E-state index in [9.17, 15) is 13.2 Å². The Morgan fingerprint density at radius 2 is 1.62 bits per heavy atom. The van der Waals surface area contributed by atoms with Crippen molar-refractivity contribution in [1.82, 2.24) is 9.97 Å². The molecule has 0 amide bonds. The van der Waals surface area contributed by atoms with Gasteiger partial charge in [-0.05, 0) is 17.7 Å². The number of alkyl halides is 3. The average molecular weight is 315 g/mol. The van der Waals surface area contributed by atoms with Crippen molar-refractivity contribution in [3.63, 3.8) is 0 Å². The molecular weight excluding hydrogens is 303 g/mol. The number of hydrogen-bond acceptors (Lipinski definition) is 6. The van der Waals surface area contributed by atoms with Gasteiger partial charge in [0.25, 0.3) is 0 Å². The van der Waals surface area contributed by atoms with E-state index in [2.05, 4.69) is 9.97 Å². The van der Waals surface area contributed by atoms with Crippen LogP contribution in [0.15, 0.2) is 29.4 Å². The zero-order valence-electron chi connectivity index (χ0n) is 10.7. The molecule has 0 aliphatic heterocycles. The maximum absolute atomic E-state index is 12.9. The first kappa shape index (κ1) is 15.2. The maximum atomic E-state index is 12.9. The monoisotopic (exact) mass is 315 g/mol. The van der Waals surface area contributed by atoms with Gasteiger partial charge in [-0.25, -0.2) is 9.97 Å². The zero-order valence-corrected chi connectivity index (χ0v) is 11.5.